The van der Waals surface area contributed by atoms with E-state index in [1.165, 1.54) is 11.3 Å². The van der Waals surface area contributed by atoms with Crippen LogP contribution >= 0.6 is 11.3 Å². The van der Waals surface area contributed by atoms with Gasteiger partial charge in [0.05, 0.1) is 22.2 Å². The molecule has 0 bridgehead atoms. The van der Waals surface area contributed by atoms with Crippen LogP contribution in [0.4, 0.5) is 5.69 Å². The molecule has 2 aromatic heterocycles. The molecule has 0 spiro atoms. The molecule has 2 N–H and O–H groups in total. The largest absolute Gasteiger partial charge is 0.352 e. The van der Waals surface area contributed by atoms with Crippen molar-refractivity contribution in [3.05, 3.63) is 82.8 Å². The quantitative estimate of drug-likeness (QED) is 0.454. The second-order valence-corrected chi connectivity index (χ2v) is 7.50. The summed E-state index contributed by atoms with van der Waals surface area (Å²) in [7, 11) is 0. The fourth-order valence-electron chi connectivity index (χ4n) is 3.08. The molecular formula is C22H20N4O2S. The lowest BCUT2D eigenvalue weighted by atomic mass is 10.2. The second-order valence-electron chi connectivity index (χ2n) is 6.55. The lowest BCUT2D eigenvalue weighted by molar-refractivity contribution is 0.0951. The first kappa shape index (κ1) is 18.9. The molecule has 0 aliphatic carbocycles. The average Bonchev–Trinajstić information content (AvgIpc) is 3.42. The van der Waals surface area contributed by atoms with Crippen molar-refractivity contribution in [3.63, 3.8) is 0 Å². The van der Waals surface area contributed by atoms with Crippen molar-refractivity contribution in [3.8, 4) is 0 Å². The number of hydrogen-bond donors (Lipinski definition) is 2. The highest BCUT2D eigenvalue weighted by molar-refractivity contribution is 7.12. The first-order chi connectivity index (χ1) is 14.2. The lowest BCUT2D eigenvalue weighted by Crippen LogP contribution is -2.25. The van der Waals surface area contributed by atoms with Gasteiger partial charge in [0, 0.05) is 24.3 Å². The van der Waals surface area contributed by atoms with E-state index in [1.54, 1.807) is 30.3 Å². The number of amides is 2. The van der Waals surface area contributed by atoms with Gasteiger partial charge in [-0.3, -0.25) is 9.59 Å². The predicted octanol–water partition coefficient (Wildman–Crippen LogP) is 4.17. The molecule has 7 heteroatoms. The molecule has 146 valence electrons. The summed E-state index contributed by atoms with van der Waals surface area (Å²) in [6, 6.07) is 18.5. The fraction of sp³-hybridized carbons (Fsp3) is 0.136. The zero-order chi connectivity index (χ0) is 20.1. The molecule has 2 amide bonds. The maximum Gasteiger partial charge on any atom is 0.265 e. The van der Waals surface area contributed by atoms with Gasteiger partial charge < -0.3 is 15.2 Å². The number of hydrogen-bond acceptors (Lipinski definition) is 4. The van der Waals surface area contributed by atoms with Crippen LogP contribution in [0.3, 0.4) is 0 Å². The van der Waals surface area contributed by atoms with Gasteiger partial charge in [0.2, 0.25) is 0 Å². The highest BCUT2D eigenvalue weighted by Gasteiger charge is 2.10. The van der Waals surface area contributed by atoms with Gasteiger partial charge in [-0.25, -0.2) is 4.98 Å². The Labute approximate surface area is 172 Å². The summed E-state index contributed by atoms with van der Waals surface area (Å²) in [6.07, 6.45) is 2.62. The number of fused-ring (bicyclic) bond motifs is 1. The van der Waals surface area contributed by atoms with E-state index in [4.69, 9.17) is 0 Å². The Kier molecular flexibility index (Phi) is 5.67. The topological polar surface area (TPSA) is 76.0 Å². The lowest BCUT2D eigenvalue weighted by Gasteiger charge is -2.09. The van der Waals surface area contributed by atoms with Crippen LogP contribution < -0.4 is 10.6 Å². The highest BCUT2D eigenvalue weighted by atomic mass is 32.1. The minimum absolute atomic E-state index is 0.160. The molecule has 0 aliphatic heterocycles. The van der Waals surface area contributed by atoms with Crippen molar-refractivity contribution in [2.45, 2.75) is 13.0 Å². The van der Waals surface area contributed by atoms with Crippen molar-refractivity contribution in [1.82, 2.24) is 14.9 Å². The summed E-state index contributed by atoms with van der Waals surface area (Å²) in [5, 5.41) is 7.61. The van der Waals surface area contributed by atoms with Crippen LogP contribution in [-0.2, 0) is 6.54 Å². The maximum atomic E-state index is 12.4. The zero-order valence-electron chi connectivity index (χ0n) is 15.7. The summed E-state index contributed by atoms with van der Waals surface area (Å²) in [5.74, 6) is -0.335. The second kappa shape index (κ2) is 8.70. The number of thiophene rings is 1. The molecule has 2 aromatic carbocycles. The summed E-state index contributed by atoms with van der Waals surface area (Å²) in [6.45, 7) is 1.33. The Hall–Kier alpha value is -3.45. The first-order valence-corrected chi connectivity index (χ1v) is 10.2. The number of carbonyl (C=O) groups excluding carboxylic acids is 2. The van der Waals surface area contributed by atoms with Gasteiger partial charge in [-0.15, -0.1) is 11.3 Å². The van der Waals surface area contributed by atoms with Gasteiger partial charge in [0.1, 0.15) is 0 Å². The van der Waals surface area contributed by atoms with Crippen LogP contribution in [0, 0.1) is 0 Å². The third kappa shape index (κ3) is 4.52. The fourth-order valence-corrected chi connectivity index (χ4v) is 3.70. The van der Waals surface area contributed by atoms with E-state index < -0.39 is 0 Å². The Balaban J connectivity index is 1.30. The Morgan fingerprint density at radius 2 is 1.90 bits per heavy atom. The number of para-hydroxylation sites is 2. The standard InChI is InChI=1S/C22H20N4O2S/c27-21(23-11-5-12-26-15-24-18-8-1-2-9-19(18)26)16-6-3-7-17(14-16)25-22(28)20-10-4-13-29-20/h1-4,6-10,13-15H,5,11-12H2,(H,23,27)(H,25,28). The van der Waals surface area contributed by atoms with Gasteiger partial charge in [-0.1, -0.05) is 24.3 Å². The molecule has 6 nitrogen and oxygen atoms in total. The minimum atomic E-state index is -0.176. The first-order valence-electron chi connectivity index (χ1n) is 9.34. The number of carbonyl (C=O) groups is 2. The monoisotopic (exact) mass is 404 g/mol. The van der Waals surface area contributed by atoms with Crippen LogP contribution in [0.15, 0.2) is 72.4 Å². The van der Waals surface area contributed by atoms with Crippen LogP contribution in [0.25, 0.3) is 11.0 Å². The van der Waals surface area contributed by atoms with Gasteiger partial charge >= 0.3 is 0 Å². The number of anilines is 1. The summed E-state index contributed by atoms with van der Waals surface area (Å²) >= 11 is 1.38. The molecule has 0 unspecified atom stereocenters. The Morgan fingerprint density at radius 3 is 2.76 bits per heavy atom. The van der Waals surface area contributed by atoms with E-state index in [0.29, 0.717) is 22.7 Å². The van der Waals surface area contributed by atoms with Crippen LogP contribution in [0.5, 0.6) is 0 Å². The number of imidazole rings is 1. The zero-order valence-corrected chi connectivity index (χ0v) is 16.5. The van der Waals surface area contributed by atoms with Gasteiger partial charge in [0.15, 0.2) is 0 Å². The van der Waals surface area contributed by atoms with E-state index in [9.17, 15) is 9.59 Å². The summed E-state index contributed by atoms with van der Waals surface area (Å²) in [4.78, 5) is 29.6. The van der Waals surface area contributed by atoms with Gasteiger partial charge in [0.25, 0.3) is 11.8 Å². The molecule has 29 heavy (non-hydrogen) atoms. The van der Waals surface area contributed by atoms with Crippen LogP contribution in [0.1, 0.15) is 26.5 Å². The normalized spacial score (nSPS) is 10.8. The van der Waals surface area contributed by atoms with Gasteiger partial charge in [-0.2, -0.15) is 0 Å². The number of nitrogens with zero attached hydrogens (tertiary/aromatic N) is 2. The molecule has 0 saturated carbocycles. The predicted molar refractivity (Wildman–Crippen MR) is 115 cm³/mol. The van der Waals surface area contributed by atoms with Crippen molar-refractivity contribution in [2.75, 3.05) is 11.9 Å². The highest BCUT2D eigenvalue weighted by Crippen LogP contribution is 2.15. The number of aryl methyl sites for hydroxylation is 1. The Morgan fingerprint density at radius 1 is 1.00 bits per heavy atom. The van der Waals surface area contributed by atoms with Crippen LogP contribution in [-0.4, -0.2) is 27.9 Å². The third-order valence-electron chi connectivity index (χ3n) is 4.52. The molecule has 0 saturated heterocycles. The minimum Gasteiger partial charge on any atom is -0.352 e. The molecule has 0 fully saturated rings. The average molecular weight is 404 g/mol. The van der Waals surface area contributed by atoms with Crippen molar-refractivity contribution in [2.24, 2.45) is 0 Å². The van der Waals surface area contributed by atoms with Crippen molar-refractivity contribution >= 4 is 39.9 Å². The van der Waals surface area contributed by atoms with Crippen molar-refractivity contribution in [1.29, 1.82) is 0 Å². The smallest absolute Gasteiger partial charge is 0.265 e. The molecule has 4 rings (SSSR count). The summed E-state index contributed by atoms with van der Waals surface area (Å²) in [5.41, 5.74) is 3.17. The number of nitrogens with one attached hydrogen (secondary N) is 2. The van der Waals surface area contributed by atoms with E-state index in [1.807, 2.05) is 42.0 Å². The van der Waals surface area contributed by atoms with E-state index >= 15 is 0 Å². The molecule has 0 radical (unpaired) electrons. The van der Waals surface area contributed by atoms with Crippen LogP contribution in [0.2, 0.25) is 0 Å². The van der Waals surface area contributed by atoms with E-state index in [-0.39, 0.29) is 11.8 Å². The number of aromatic nitrogens is 2. The van der Waals surface area contributed by atoms with Crippen molar-refractivity contribution < 1.29 is 9.59 Å². The number of benzene rings is 2. The molecular weight excluding hydrogens is 384 g/mol. The summed E-state index contributed by atoms with van der Waals surface area (Å²) < 4.78 is 2.09. The molecule has 2 heterocycles. The van der Waals surface area contributed by atoms with Gasteiger partial charge in [-0.05, 0) is 48.2 Å². The SMILES string of the molecule is O=C(NCCCn1cnc2ccccc21)c1cccc(NC(=O)c2cccs2)c1. The maximum absolute atomic E-state index is 12.4. The van der Waals surface area contributed by atoms with E-state index in [2.05, 4.69) is 20.2 Å². The Bertz CT molecular complexity index is 1130. The third-order valence-corrected chi connectivity index (χ3v) is 5.38. The van der Waals surface area contributed by atoms with E-state index in [0.717, 1.165) is 24.0 Å². The molecule has 0 atom stereocenters. The molecule has 0 aliphatic rings. The molecule has 4 aromatic rings. The number of rotatable bonds is 7.